The van der Waals surface area contributed by atoms with Crippen molar-refractivity contribution in [2.24, 2.45) is 11.7 Å². The number of rotatable bonds is 7. The summed E-state index contributed by atoms with van der Waals surface area (Å²) in [5, 5.41) is 2.82. The first kappa shape index (κ1) is 19.7. The Morgan fingerprint density at radius 1 is 1.39 bits per heavy atom. The second-order valence-electron chi connectivity index (χ2n) is 6.24. The van der Waals surface area contributed by atoms with E-state index in [4.69, 9.17) is 5.73 Å². The number of primary amides is 1. The fraction of sp³-hybridized carbons (Fsp3) is 0.857. The molecule has 1 atom stereocenters. The molecule has 3 amide bonds. The van der Waals surface area contributed by atoms with Gasteiger partial charge in [0, 0.05) is 32.2 Å². The number of carbonyl (C=O) groups excluding carboxylic acids is 2. The number of nitrogens with one attached hydrogen (secondary N) is 1. The minimum absolute atomic E-state index is 0.105. The molecule has 1 aliphatic rings. The summed E-state index contributed by atoms with van der Waals surface area (Å²) >= 11 is 0. The SMILES string of the molecule is CC(C)N(CCCNC(=O)[C@H]1CCCN(C(N)=O)C1)S(C)(=O)=O. The van der Waals surface area contributed by atoms with E-state index in [1.54, 1.807) is 0 Å². The molecule has 0 aromatic heterocycles. The summed E-state index contributed by atoms with van der Waals surface area (Å²) in [6, 6.07) is -0.605. The number of nitrogens with two attached hydrogens (primary N) is 1. The first-order valence-corrected chi connectivity index (χ1v) is 9.76. The van der Waals surface area contributed by atoms with Crippen LogP contribution in [0.1, 0.15) is 33.1 Å². The average Bonchev–Trinajstić information content (AvgIpc) is 2.45. The Labute approximate surface area is 138 Å². The largest absolute Gasteiger partial charge is 0.356 e. The van der Waals surface area contributed by atoms with Crippen molar-refractivity contribution in [3.63, 3.8) is 0 Å². The molecule has 134 valence electrons. The van der Waals surface area contributed by atoms with Crippen molar-refractivity contribution in [3.8, 4) is 0 Å². The lowest BCUT2D eigenvalue weighted by atomic mass is 9.97. The molecule has 0 saturated carbocycles. The van der Waals surface area contributed by atoms with Gasteiger partial charge in [-0.1, -0.05) is 0 Å². The maximum atomic E-state index is 12.1. The lowest BCUT2D eigenvalue weighted by Gasteiger charge is -2.30. The van der Waals surface area contributed by atoms with Gasteiger partial charge in [0.25, 0.3) is 0 Å². The third-order valence-corrected chi connectivity index (χ3v) is 5.42. The zero-order valence-electron chi connectivity index (χ0n) is 14.1. The fourth-order valence-corrected chi connectivity index (χ4v) is 4.02. The second kappa shape index (κ2) is 8.49. The minimum atomic E-state index is -3.24. The summed E-state index contributed by atoms with van der Waals surface area (Å²) in [4.78, 5) is 24.8. The van der Waals surface area contributed by atoms with Crippen LogP contribution in [0.5, 0.6) is 0 Å². The zero-order valence-corrected chi connectivity index (χ0v) is 14.9. The van der Waals surface area contributed by atoms with Crippen molar-refractivity contribution in [2.75, 3.05) is 32.4 Å². The van der Waals surface area contributed by atoms with Crippen LogP contribution < -0.4 is 11.1 Å². The van der Waals surface area contributed by atoms with Gasteiger partial charge in [0.05, 0.1) is 12.2 Å². The molecule has 1 saturated heterocycles. The maximum absolute atomic E-state index is 12.1. The van der Waals surface area contributed by atoms with Crippen molar-refractivity contribution in [2.45, 2.75) is 39.2 Å². The minimum Gasteiger partial charge on any atom is -0.356 e. The van der Waals surface area contributed by atoms with Gasteiger partial charge in [0.2, 0.25) is 15.9 Å². The molecule has 3 N–H and O–H groups in total. The third kappa shape index (κ3) is 6.34. The van der Waals surface area contributed by atoms with Gasteiger partial charge in [0.15, 0.2) is 0 Å². The van der Waals surface area contributed by atoms with Gasteiger partial charge in [-0.25, -0.2) is 13.2 Å². The molecule has 0 aromatic rings. The van der Waals surface area contributed by atoms with E-state index in [1.807, 2.05) is 13.8 Å². The Balaban J connectivity index is 2.38. The number of piperidine rings is 1. The van der Waals surface area contributed by atoms with Gasteiger partial charge in [0.1, 0.15) is 0 Å². The Morgan fingerprint density at radius 3 is 2.57 bits per heavy atom. The second-order valence-corrected chi connectivity index (χ2v) is 8.17. The number of nitrogens with zero attached hydrogens (tertiary/aromatic N) is 2. The molecular formula is C14H28N4O4S. The van der Waals surface area contributed by atoms with Crippen molar-refractivity contribution in [1.82, 2.24) is 14.5 Å². The van der Waals surface area contributed by atoms with Crippen LogP contribution in [0.4, 0.5) is 4.79 Å². The Bertz CT molecular complexity index is 521. The summed E-state index contributed by atoms with van der Waals surface area (Å²) in [7, 11) is -3.24. The Morgan fingerprint density at radius 2 is 2.04 bits per heavy atom. The van der Waals surface area contributed by atoms with Crippen LogP contribution in [0, 0.1) is 5.92 Å². The van der Waals surface area contributed by atoms with Gasteiger partial charge in [-0.3, -0.25) is 4.79 Å². The summed E-state index contributed by atoms with van der Waals surface area (Å²) in [5.41, 5.74) is 5.25. The number of likely N-dealkylation sites (tertiary alicyclic amines) is 1. The quantitative estimate of drug-likeness (QED) is 0.628. The van der Waals surface area contributed by atoms with Crippen molar-refractivity contribution >= 4 is 22.0 Å². The molecule has 1 aliphatic heterocycles. The molecule has 8 nitrogen and oxygen atoms in total. The number of carbonyl (C=O) groups is 2. The van der Waals surface area contributed by atoms with E-state index >= 15 is 0 Å². The number of sulfonamides is 1. The number of hydrogen-bond acceptors (Lipinski definition) is 4. The summed E-state index contributed by atoms with van der Waals surface area (Å²) in [6.45, 7) is 5.36. The predicted molar refractivity (Wildman–Crippen MR) is 88.2 cm³/mol. The van der Waals surface area contributed by atoms with Gasteiger partial charge in [-0.15, -0.1) is 0 Å². The van der Waals surface area contributed by atoms with Crippen LogP contribution in [0.2, 0.25) is 0 Å². The van der Waals surface area contributed by atoms with Crippen LogP contribution in [0.3, 0.4) is 0 Å². The molecule has 9 heteroatoms. The molecule has 0 aliphatic carbocycles. The average molecular weight is 348 g/mol. The highest BCUT2D eigenvalue weighted by atomic mass is 32.2. The highest BCUT2D eigenvalue weighted by molar-refractivity contribution is 7.88. The normalized spacial score (nSPS) is 19.2. The molecule has 1 fully saturated rings. The first-order chi connectivity index (χ1) is 10.6. The van der Waals surface area contributed by atoms with Crippen LogP contribution in [-0.4, -0.2) is 68.0 Å². The number of urea groups is 1. The van der Waals surface area contributed by atoms with E-state index in [9.17, 15) is 18.0 Å². The molecule has 0 radical (unpaired) electrons. The summed E-state index contributed by atoms with van der Waals surface area (Å²) in [5.74, 6) is -0.348. The van der Waals surface area contributed by atoms with Crippen molar-refractivity contribution in [3.05, 3.63) is 0 Å². The van der Waals surface area contributed by atoms with E-state index < -0.39 is 16.1 Å². The van der Waals surface area contributed by atoms with Crippen molar-refractivity contribution < 1.29 is 18.0 Å². The van der Waals surface area contributed by atoms with E-state index in [0.717, 1.165) is 12.8 Å². The van der Waals surface area contributed by atoms with Crippen LogP contribution in [0.15, 0.2) is 0 Å². The van der Waals surface area contributed by atoms with Crippen molar-refractivity contribution in [1.29, 1.82) is 0 Å². The maximum Gasteiger partial charge on any atom is 0.314 e. The first-order valence-electron chi connectivity index (χ1n) is 7.91. The fourth-order valence-electron chi connectivity index (χ4n) is 2.79. The zero-order chi connectivity index (χ0) is 17.6. The monoisotopic (exact) mass is 348 g/mol. The lowest BCUT2D eigenvalue weighted by Crippen LogP contribution is -2.47. The van der Waals surface area contributed by atoms with Gasteiger partial charge >= 0.3 is 6.03 Å². The molecule has 0 bridgehead atoms. The van der Waals surface area contributed by atoms with Crippen LogP contribution in [-0.2, 0) is 14.8 Å². The predicted octanol–water partition coefficient (Wildman–Crippen LogP) is -0.0466. The molecule has 1 heterocycles. The lowest BCUT2D eigenvalue weighted by molar-refractivity contribution is -0.126. The molecule has 1 rings (SSSR count). The molecule has 0 unspecified atom stereocenters. The van der Waals surface area contributed by atoms with Crippen LogP contribution in [0.25, 0.3) is 0 Å². The molecule has 0 aromatic carbocycles. The highest BCUT2D eigenvalue weighted by Crippen LogP contribution is 2.16. The Kier molecular flexibility index (Phi) is 7.27. The van der Waals surface area contributed by atoms with Gasteiger partial charge in [-0.2, -0.15) is 4.31 Å². The molecule has 0 spiro atoms. The standard InChI is InChI=1S/C14H28N4O4S/c1-11(2)18(23(3,21)22)9-5-7-16-13(19)12-6-4-8-17(10-12)14(15)20/h11-12H,4-10H2,1-3H3,(H2,15,20)(H,16,19)/t12-/m0/s1. The van der Waals surface area contributed by atoms with E-state index in [2.05, 4.69) is 5.32 Å². The van der Waals surface area contributed by atoms with E-state index in [-0.39, 0.29) is 17.9 Å². The van der Waals surface area contributed by atoms with Crippen LogP contribution >= 0.6 is 0 Å². The smallest absolute Gasteiger partial charge is 0.314 e. The summed E-state index contributed by atoms with van der Waals surface area (Å²) < 4.78 is 24.7. The summed E-state index contributed by atoms with van der Waals surface area (Å²) in [6.07, 6.45) is 3.22. The Hall–Kier alpha value is -1.35. The molecular weight excluding hydrogens is 320 g/mol. The highest BCUT2D eigenvalue weighted by Gasteiger charge is 2.27. The number of hydrogen-bond donors (Lipinski definition) is 2. The topological polar surface area (TPSA) is 113 Å². The third-order valence-electron chi connectivity index (χ3n) is 3.96. The van der Waals surface area contributed by atoms with Gasteiger partial charge in [-0.05, 0) is 33.1 Å². The van der Waals surface area contributed by atoms with Gasteiger partial charge < -0.3 is 16.0 Å². The molecule has 23 heavy (non-hydrogen) atoms. The number of amides is 3. The van der Waals surface area contributed by atoms with E-state index in [1.165, 1.54) is 15.5 Å². The van der Waals surface area contributed by atoms with E-state index in [0.29, 0.717) is 32.6 Å².